The molecule has 3 radical (unpaired) electrons. The van der Waals surface area contributed by atoms with Crippen LogP contribution in [0.2, 0.25) is 58.9 Å². The van der Waals surface area contributed by atoms with E-state index >= 15 is 0 Å². The van der Waals surface area contributed by atoms with Crippen LogP contribution in [0.3, 0.4) is 0 Å². The monoisotopic (exact) mass is 2450 g/mol. The molecule has 0 atom stereocenters. The quantitative estimate of drug-likeness (QED) is 0.0689. The Bertz CT molecular complexity index is 8690. The number of fused-ring (bicyclic) bond motifs is 18. The summed E-state index contributed by atoms with van der Waals surface area (Å²) in [6.45, 7) is 15.0. The van der Waals surface area contributed by atoms with Gasteiger partial charge in [0, 0.05) is 110 Å². The van der Waals surface area contributed by atoms with E-state index in [0.717, 1.165) is 67.5 Å². The van der Waals surface area contributed by atoms with Crippen molar-refractivity contribution in [2.75, 3.05) is 0 Å². The van der Waals surface area contributed by atoms with Crippen molar-refractivity contribution >= 4 is 137 Å². The summed E-state index contributed by atoms with van der Waals surface area (Å²) in [5, 5.41) is 26.9. The van der Waals surface area contributed by atoms with Gasteiger partial charge in [-0.15, -0.1) is 179 Å². The van der Waals surface area contributed by atoms with Crippen molar-refractivity contribution in [3.8, 4) is 101 Å². The normalized spacial score (nSPS) is 12.4. The largest absolute Gasteiger partial charge is 0.305 e. The Labute approximate surface area is 902 Å². The summed E-state index contributed by atoms with van der Waals surface area (Å²) >= 11 is 0. The SMILES string of the molecule is C[Si](C)(C)c1ccc(-c2[c-]cc3c4ccccc4c4cc(-c5ccccc5)ccc4c3c2)nc1.C[Si](C)(C)c1ccc(-c2[c-]cc3c4ccccc4c4ccc(-c5ccccc5)cc4c3c2)nc1.C[Si](C)(C)c1cnc(-c2[c-]cc3c4ccccc4c4ccccc4c3c2)cc1-c1ccccc1.[2H]C([2H])([2H])c1ccc(-c2[c-]cccc2)nc1.[2H]C([2H])([2H])c1ccc(-c2[c-]cccc2)nc1.[2H]C([2H])([2H])c1ccc(-c2[c-]cccc2)nc1.[Ir].[Ir].[Ir]. The summed E-state index contributed by atoms with van der Waals surface area (Å²) in [5.74, 6) is 0. The smallest absolute Gasteiger partial charge is 0.0803 e. The van der Waals surface area contributed by atoms with E-state index < -0.39 is 44.8 Å². The van der Waals surface area contributed by atoms with Crippen LogP contribution in [0.5, 0.6) is 0 Å². The maximum absolute atomic E-state index is 7.23. The van der Waals surface area contributed by atoms with Crippen molar-refractivity contribution in [3.05, 3.63) is 491 Å². The van der Waals surface area contributed by atoms with Crippen LogP contribution < -0.4 is 15.6 Å². The molecule has 0 aliphatic carbocycles. The molecule has 24 aromatic rings. The second-order valence-electron chi connectivity index (χ2n) is 38.2. The van der Waals surface area contributed by atoms with Crippen LogP contribution in [0.1, 0.15) is 29.0 Å². The standard InChI is InChI=1S/3C32H26NSi.3C12H10N.3Ir/c1-34(2,3)32-21-33-31(20-29(32)22-11-5-4-6-12-22)23-17-18-28-26-15-8-7-13-24(26)25-14-9-10-16-27(25)30(28)19-23;1-34(2,3)25-15-18-32(33-21-25)24-14-17-28-26-11-7-8-12-27(26)30-19-23(22-9-5-4-6-10-22)13-16-29(30)31(28)20-24;1-34(2,3)25-15-18-32(33-21-25)24-14-17-29-27-12-8-7-11-26(27)28-16-13-23(19-30(28)31(29)20-24)22-9-5-4-6-10-22;3*1-10-7-8-12(13-9-10)11-5-3-2-4-6-11;;;/h4-16,18-21H,1-3H3;2*4-13,15-21H,1-3H3;3*2-5,7-9H,1H3;;;/q6*-1;;;/i;;;3*1D3;;;. The molecule has 18 aromatic carbocycles. The molecular formula is C132H108Ir3N6Si3-6. The number of pyridine rings is 6. The molecule has 0 unspecified atom stereocenters. The summed E-state index contributed by atoms with van der Waals surface area (Å²) < 4.78 is 65.1. The van der Waals surface area contributed by atoms with Gasteiger partial charge in [0.1, 0.15) is 0 Å². The van der Waals surface area contributed by atoms with E-state index in [2.05, 4.69) is 420 Å². The van der Waals surface area contributed by atoms with Crippen LogP contribution in [-0.4, -0.2) is 54.1 Å². The molecule has 0 bridgehead atoms. The maximum Gasteiger partial charge on any atom is 0.0803 e. The fraction of sp³-hybridized carbons (Fsp3) is 0.0909. The molecule has 0 saturated carbocycles. The van der Waals surface area contributed by atoms with Gasteiger partial charge in [-0.05, 0) is 181 Å². The van der Waals surface area contributed by atoms with Gasteiger partial charge >= 0.3 is 0 Å². The number of hydrogen-bond donors (Lipinski definition) is 0. The Kier molecular flexibility index (Phi) is 29.1. The molecule has 0 amide bonds. The average molecular weight is 2450 g/mol. The van der Waals surface area contributed by atoms with Gasteiger partial charge in [0.05, 0.1) is 24.2 Å². The van der Waals surface area contributed by atoms with Crippen molar-refractivity contribution < 1.29 is 72.7 Å². The number of benzene rings is 18. The molecule has 711 valence electrons. The van der Waals surface area contributed by atoms with Crippen LogP contribution in [0.4, 0.5) is 0 Å². The van der Waals surface area contributed by atoms with Crippen LogP contribution >= 0.6 is 0 Å². The number of rotatable bonds is 12. The van der Waals surface area contributed by atoms with Crippen molar-refractivity contribution in [1.82, 2.24) is 29.9 Å². The molecular weight excluding hydrogens is 2330 g/mol. The zero-order valence-electron chi connectivity index (χ0n) is 90.3. The molecule has 0 saturated heterocycles. The minimum absolute atomic E-state index is 0. The molecule has 0 spiro atoms. The third kappa shape index (κ3) is 23.5. The second kappa shape index (κ2) is 46.0. The average Bonchev–Trinajstić information content (AvgIpc) is 0.745. The molecule has 12 heteroatoms. The van der Waals surface area contributed by atoms with Gasteiger partial charge in [-0.25, -0.2) is 0 Å². The molecule has 6 heterocycles. The van der Waals surface area contributed by atoms with Crippen molar-refractivity contribution in [2.24, 2.45) is 0 Å². The fourth-order valence-corrected chi connectivity index (χ4v) is 21.6. The molecule has 144 heavy (non-hydrogen) atoms. The molecule has 0 fully saturated rings. The van der Waals surface area contributed by atoms with E-state index in [0.29, 0.717) is 0 Å². The molecule has 0 aliphatic rings. The molecule has 0 aliphatic heterocycles. The third-order valence-electron chi connectivity index (χ3n) is 25.6. The number of aromatic nitrogens is 6. The van der Waals surface area contributed by atoms with Crippen LogP contribution in [0, 0.1) is 57.0 Å². The van der Waals surface area contributed by atoms with E-state index in [-0.39, 0.29) is 77.0 Å². The summed E-state index contributed by atoms with van der Waals surface area (Å²) in [6, 6.07) is 157. The minimum atomic E-state index is -2.09. The molecule has 6 aromatic heterocycles. The molecule has 24 rings (SSSR count). The second-order valence-corrected chi connectivity index (χ2v) is 53.4. The van der Waals surface area contributed by atoms with Crippen molar-refractivity contribution in [2.45, 2.75) is 79.5 Å². The van der Waals surface area contributed by atoms with Gasteiger partial charge < -0.3 is 29.9 Å². The van der Waals surface area contributed by atoms with Crippen molar-refractivity contribution in [3.63, 3.8) is 0 Å². The van der Waals surface area contributed by atoms with Crippen LogP contribution in [-0.2, 0) is 60.3 Å². The van der Waals surface area contributed by atoms with Crippen LogP contribution in [0.15, 0.2) is 438 Å². The van der Waals surface area contributed by atoms with Gasteiger partial charge in [0.15, 0.2) is 0 Å². The van der Waals surface area contributed by atoms with Gasteiger partial charge in [0.25, 0.3) is 0 Å². The third-order valence-corrected chi connectivity index (χ3v) is 31.6. The zero-order valence-corrected chi connectivity index (χ0v) is 91.4. The summed E-state index contributed by atoms with van der Waals surface area (Å²) in [6.07, 6.45) is 10.4. The predicted molar refractivity (Wildman–Crippen MR) is 608 cm³/mol. The first-order valence-corrected chi connectivity index (χ1v) is 58.0. The maximum atomic E-state index is 7.23. The van der Waals surface area contributed by atoms with Crippen molar-refractivity contribution in [1.29, 1.82) is 0 Å². The summed E-state index contributed by atoms with van der Waals surface area (Å²) in [5.41, 5.74) is 19.1. The number of hydrogen-bond acceptors (Lipinski definition) is 6. The number of aryl methyl sites for hydroxylation is 3. The van der Waals surface area contributed by atoms with E-state index in [1.807, 2.05) is 54.6 Å². The molecule has 6 nitrogen and oxygen atoms in total. The van der Waals surface area contributed by atoms with E-state index in [1.54, 1.807) is 54.6 Å². The summed E-state index contributed by atoms with van der Waals surface area (Å²) in [7, 11) is -4.32. The summed E-state index contributed by atoms with van der Waals surface area (Å²) in [4.78, 5) is 27.0. The van der Waals surface area contributed by atoms with Gasteiger partial charge in [-0.1, -0.05) is 386 Å². The first-order valence-electron chi connectivity index (χ1n) is 52.0. The van der Waals surface area contributed by atoms with Crippen LogP contribution in [0.25, 0.3) is 198 Å². The zero-order chi connectivity index (χ0) is 105. The predicted octanol–water partition coefficient (Wildman–Crippen LogP) is 33.2. The Morgan fingerprint density at radius 3 is 0.778 bits per heavy atom. The van der Waals surface area contributed by atoms with Gasteiger partial charge in [-0.3, -0.25) is 0 Å². The Balaban J connectivity index is 0.000000134. The minimum Gasteiger partial charge on any atom is -0.305 e. The van der Waals surface area contributed by atoms with Gasteiger partial charge in [-0.2, -0.15) is 0 Å². The molecule has 0 N–H and O–H groups in total. The first kappa shape index (κ1) is 91.0. The van der Waals surface area contributed by atoms with E-state index in [1.165, 1.54) is 164 Å². The topological polar surface area (TPSA) is 77.3 Å². The Hall–Kier alpha value is -14.2. The fourth-order valence-electron chi connectivity index (χ4n) is 18.1. The first-order chi connectivity index (χ1) is 72.2. The van der Waals surface area contributed by atoms with E-state index in [9.17, 15) is 0 Å². The Morgan fingerprint density at radius 1 is 0.194 bits per heavy atom. The Morgan fingerprint density at radius 2 is 0.465 bits per heavy atom. The van der Waals surface area contributed by atoms with E-state index in [4.69, 9.17) is 27.3 Å². The van der Waals surface area contributed by atoms with Gasteiger partial charge in [0.2, 0.25) is 0 Å². The number of nitrogens with zero attached hydrogens (tertiary/aromatic N) is 6.